The summed E-state index contributed by atoms with van der Waals surface area (Å²) in [6, 6.07) is 15.0. The van der Waals surface area contributed by atoms with Gasteiger partial charge in [-0.1, -0.05) is 36.4 Å². The van der Waals surface area contributed by atoms with Crippen molar-refractivity contribution in [3.63, 3.8) is 0 Å². The summed E-state index contributed by atoms with van der Waals surface area (Å²) in [5.41, 5.74) is 1.96. The topological polar surface area (TPSA) is 68.3 Å². The number of rotatable bonds is 6. The molecule has 1 N–H and O–H groups in total. The molecule has 1 aromatic carbocycles. The predicted octanol–water partition coefficient (Wildman–Crippen LogP) is 2.99. The van der Waals surface area contributed by atoms with E-state index in [1.807, 2.05) is 30.3 Å². The van der Waals surface area contributed by atoms with E-state index in [9.17, 15) is 9.00 Å². The molecule has 2 rings (SSSR count). The van der Waals surface area contributed by atoms with E-state index in [4.69, 9.17) is 4.74 Å². The Morgan fingerprint density at radius 3 is 2.46 bits per heavy atom. The Hall–Kier alpha value is -2.05. The number of nitrogens with zero attached hydrogens (tertiary/aromatic N) is 1. The molecule has 6 heteroatoms. The summed E-state index contributed by atoms with van der Waals surface area (Å²) in [6.45, 7) is 6.17. The van der Waals surface area contributed by atoms with Crippen molar-refractivity contribution < 1.29 is 13.7 Å². The first-order valence-corrected chi connectivity index (χ1v) is 8.82. The molecule has 0 unspecified atom stereocenters. The molecule has 0 radical (unpaired) electrons. The fourth-order valence-electron chi connectivity index (χ4n) is 1.82. The SMILES string of the molecule is CC(C)(C)[S@](=O)NC(=O)c1cccc(COCc2ccccc2)n1. The average Bonchev–Trinajstić information content (AvgIpc) is 2.55. The predicted molar refractivity (Wildman–Crippen MR) is 94.5 cm³/mol. The summed E-state index contributed by atoms with van der Waals surface area (Å²) in [6.07, 6.45) is 0. The lowest BCUT2D eigenvalue weighted by Crippen LogP contribution is -2.37. The Morgan fingerprint density at radius 2 is 1.79 bits per heavy atom. The third kappa shape index (κ3) is 5.54. The number of hydrogen-bond donors (Lipinski definition) is 1. The zero-order valence-electron chi connectivity index (χ0n) is 14.1. The van der Waals surface area contributed by atoms with Crippen LogP contribution in [0.3, 0.4) is 0 Å². The van der Waals surface area contributed by atoms with Crippen LogP contribution in [0.15, 0.2) is 48.5 Å². The molecule has 0 fully saturated rings. The van der Waals surface area contributed by atoms with Gasteiger partial charge in [-0.05, 0) is 38.5 Å². The number of ether oxygens (including phenoxy) is 1. The number of amides is 1. The van der Waals surface area contributed by atoms with Crippen molar-refractivity contribution in [3.05, 3.63) is 65.5 Å². The highest BCUT2D eigenvalue weighted by Gasteiger charge is 2.22. The minimum Gasteiger partial charge on any atom is -0.370 e. The maximum Gasteiger partial charge on any atom is 0.281 e. The van der Waals surface area contributed by atoms with Crippen molar-refractivity contribution in [3.8, 4) is 0 Å². The van der Waals surface area contributed by atoms with E-state index < -0.39 is 21.6 Å². The minimum atomic E-state index is -1.48. The van der Waals surface area contributed by atoms with Gasteiger partial charge in [0.2, 0.25) is 0 Å². The highest BCUT2D eigenvalue weighted by atomic mass is 32.2. The van der Waals surface area contributed by atoms with Gasteiger partial charge in [0.15, 0.2) is 0 Å². The van der Waals surface area contributed by atoms with Crippen LogP contribution in [0.4, 0.5) is 0 Å². The zero-order valence-corrected chi connectivity index (χ0v) is 14.9. The van der Waals surface area contributed by atoms with E-state index in [1.165, 1.54) is 0 Å². The van der Waals surface area contributed by atoms with E-state index in [1.54, 1.807) is 39.0 Å². The van der Waals surface area contributed by atoms with E-state index in [0.29, 0.717) is 18.9 Å². The van der Waals surface area contributed by atoms with E-state index in [0.717, 1.165) is 5.56 Å². The van der Waals surface area contributed by atoms with Crippen LogP contribution >= 0.6 is 0 Å². The fraction of sp³-hybridized carbons (Fsp3) is 0.333. The molecule has 1 heterocycles. The lowest BCUT2D eigenvalue weighted by atomic mass is 10.2. The molecule has 2 aromatic rings. The number of nitrogens with one attached hydrogen (secondary N) is 1. The molecule has 1 amide bonds. The van der Waals surface area contributed by atoms with Crippen molar-refractivity contribution >= 4 is 16.9 Å². The Bertz CT molecular complexity index is 712. The summed E-state index contributed by atoms with van der Waals surface area (Å²) >= 11 is 0. The standard InChI is InChI=1S/C18H22N2O3S/c1-18(2,3)24(22)20-17(21)16-11-7-10-15(19-16)13-23-12-14-8-5-4-6-9-14/h4-11H,12-13H2,1-3H3,(H,20,21)/t24-/m0/s1. The molecule has 24 heavy (non-hydrogen) atoms. The van der Waals surface area contributed by atoms with Crippen molar-refractivity contribution in [2.45, 2.75) is 38.7 Å². The molecular weight excluding hydrogens is 324 g/mol. The first-order valence-electron chi connectivity index (χ1n) is 7.67. The van der Waals surface area contributed by atoms with Crippen molar-refractivity contribution in [2.24, 2.45) is 0 Å². The third-order valence-corrected chi connectivity index (χ3v) is 4.63. The molecule has 0 bridgehead atoms. The summed E-state index contributed by atoms with van der Waals surface area (Å²) in [7, 11) is -1.48. The van der Waals surface area contributed by atoms with Crippen LogP contribution in [0.25, 0.3) is 0 Å². The van der Waals surface area contributed by atoms with Crippen LogP contribution in [0.5, 0.6) is 0 Å². The van der Waals surface area contributed by atoms with Gasteiger partial charge in [-0.2, -0.15) is 0 Å². The van der Waals surface area contributed by atoms with Crippen molar-refractivity contribution in [2.75, 3.05) is 0 Å². The molecule has 0 aliphatic heterocycles. The molecule has 128 valence electrons. The van der Waals surface area contributed by atoms with Crippen molar-refractivity contribution in [1.29, 1.82) is 0 Å². The molecule has 0 saturated heterocycles. The van der Waals surface area contributed by atoms with E-state index in [2.05, 4.69) is 9.71 Å². The minimum absolute atomic E-state index is 0.230. The first kappa shape index (κ1) is 18.3. The average molecular weight is 346 g/mol. The molecule has 0 spiro atoms. The summed E-state index contributed by atoms with van der Waals surface area (Å²) < 4.78 is 19.6. The highest BCUT2D eigenvalue weighted by Crippen LogP contribution is 2.10. The Kier molecular flexibility index (Phi) is 6.23. The van der Waals surface area contributed by atoms with Crippen molar-refractivity contribution in [1.82, 2.24) is 9.71 Å². The zero-order chi connectivity index (χ0) is 17.6. The second-order valence-electron chi connectivity index (χ2n) is 6.30. The third-order valence-electron chi connectivity index (χ3n) is 3.14. The van der Waals surface area contributed by atoms with Gasteiger partial charge >= 0.3 is 0 Å². The lowest BCUT2D eigenvalue weighted by molar-refractivity contribution is 0.0968. The van der Waals surface area contributed by atoms with E-state index >= 15 is 0 Å². The Balaban J connectivity index is 1.93. The number of hydrogen-bond acceptors (Lipinski definition) is 4. The summed E-state index contributed by atoms with van der Waals surface area (Å²) in [5, 5.41) is 0. The molecule has 0 saturated carbocycles. The molecular formula is C18H22N2O3S. The van der Waals surface area contributed by atoms with Crippen LogP contribution in [0.2, 0.25) is 0 Å². The Morgan fingerprint density at radius 1 is 1.08 bits per heavy atom. The first-order chi connectivity index (χ1) is 11.4. The molecule has 0 aliphatic carbocycles. The second-order valence-corrected chi connectivity index (χ2v) is 8.27. The van der Waals surface area contributed by atoms with Gasteiger partial charge < -0.3 is 4.74 Å². The number of carbonyl (C=O) groups excluding carboxylic acids is 1. The smallest absolute Gasteiger partial charge is 0.281 e. The van der Waals surface area contributed by atoms with Crippen LogP contribution in [0.1, 0.15) is 42.5 Å². The maximum atomic E-state index is 12.1. The summed E-state index contributed by atoms with van der Waals surface area (Å²) in [4.78, 5) is 16.4. The number of pyridine rings is 1. The van der Waals surface area contributed by atoms with Crippen LogP contribution in [-0.4, -0.2) is 19.8 Å². The molecule has 5 nitrogen and oxygen atoms in total. The molecule has 1 aromatic heterocycles. The van der Waals surface area contributed by atoms with Gasteiger partial charge in [-0.3, -0.25) is 9.52 Å². The summed E-state index contributed by atoms with van der Waals surface area (Å²) in [5.74, 6) is -0.451. The molecule has 0 aliphatic rings. The number of benzene rings is 1. The van der Waals surface area contributed by atoms with Gasteiger partial charge in [0.05, 0.1) is 23.7 Å². The number of aromatic nitrogens is 1. The Labute approximate surface area is 145 Å². The number of carbonyl (C=O) groups is 1. The van der Waals surface area contributed by atoms with E-state index in [-0.39, 0.29) is 5.69 Å². The molecule has 1 atom stereocenters. The van der Waals surface area contributed by atoms with Gasteiger partial charge in [0.25, 0.3) is 5.91 Å². The van der Waals surface area contributed by atoms with Crippen LogP contribution in [0, 0.1) is 0 Å². The quantitative estimate of drug-likeness (QED) is 0.873. The van der Waals surface area contributed by atoms with Crippen LogP contribution < -0.4 is 4.72 Å². The maximum absolute atomic E-state index is 12.1. The lowest BCUT2D eigenvalue weighted by Gasteiger charge is -2.17. The largest absolute Gasteiger partial charge is 0.370 e. The normalized spacial score (nSPS) is 12.6. The highest BCUT2D eigenvalue weighted by molar-refractivity contribution is 7.85. The van der Waals surface area contributed by atoms with Crippen LogP contribution in [-0.2, 0) is 28.9 Å². The van der Waals surface area contributed by atoms with Gasteiger partial charge in [0.1, 0.15) is 16.7 Å². The fourth-order valence-corrected chi connectivity index (χ4v) is 2.40. The van der Waals surface area contributed by atoms with Gasteiger partial charge in [0, 0.05) is 0 Å². The van der Waals surface area contributed by atoms with Gasteiger partial charge in [-0.15, -0.1) is 0 Å². The second kappa shape index (κ2) is 8.17. The van der Waals surface area contributed by atoms with Gasteiger partial charge in [-0.25, -0.2) is 9.19 Å². The monoisotopic (exact) mass is 346 g/mol.